The van der Waals surface area contributed by atoms with E-state index in [1.54, 1.807) is 0 Å². The molecule has 2 aromatic heterocycles. The van der Waals surface area contributed by atoms with E-state index in [2.05, 4.69) is 149 Å². The van der Waals surface area contributed by atoms with Crippen LogP contribution in [0, 0.1) is 0 Å². The number of anilines is 3. The molecule has 0 atom stereocenters. The molecule has 2 heterocycles. The fourth-order valence-corrected chi connectivity index (χ4v) is 5.97. The predicted molar refractivity (Wildman–Crippen MR) is 183 cm³/mol. The van der Waals surface area contributed by atoms with Gasteiger partial charge in [-0.25, -0.2) is 0 Å². The number of hydrogen-bond acceptors (Lipinski definition) is 3. The average Bonchev–Trinajstić information content (AvgIpc) is 3.48. The van der Waals surface area contributed by atoms with Crippen LogP contribution in [0.25, 0.3) is 55.4 Å². The van der Waals surface area contributed by atoms with Crippen LogP contribution in [0.2, 0.25) is 0 Å². The van der Waals surface area contributed by atoms with Gasteiger partial charge in [-0.15, -0.1) is 0 Å². The van der Waals surface area contributed by atoms with E-state index in [1.807, 2.05) is 30.5 Å². The Morgan fingerprint density at radius 1 is 0.432 bits per heavy atom. The minimum atomic E-state index is 0.790. The maximum atomic E-state index is 6.11. The van der Waals surface area contributed by atoms with Gasteiger partial charge < -0.3 is 9.32 Å². The summed E-state index contributed by atoms with van der Waals surface area (Å²) in [6.45, 7) is 0. The quantitative estimate of drug-likeness (QED) is 0.201. The van der Waals surface area contributed by atoms with Crippen molar-refractivity contribution in [2.45, 2.75) is 0 Å². The molecule has 0 saturated heterocycles. The summed E-state index contributed by atoms with van der Waals surface area (Å²) in [5, 5.41) is 0.996. The normalized spacial score (nSPS) is 11.2. The molecule has 8 aromatic rings. The summed E-state index contributed by atoms with van der Waals surface area (Å²) in [7, 11) is 0. The van der Waals surface area contributed by atoms with Gasteiger partial charge in [-0.2, -0.15) is 0 Å². The van der Waals surface area contributed by atoms with E-state index in [4.69, 9.17) is 4.42 Å². The molecule has 0 fully saturated rings. The zero-order valence-corrected chi connectivity index (χ0v) is 24.0. The molecule has 3 heteroatoms. The molecule has 0 aliphatic heterocycles. The Morgan fingerprint density at radius 3 is 1.70 bits per heavy atom. The summed E-state index contributed by atoms with van der Waals surface area (Å²) in [6.07, 6.45) is 1.82. The minimum Gasteiger partial charge on any atom is -0.454 e. The van der Waals surface area contributed by atoms with E-state index in [9.17, 15) is 0 Å². The van der Waals surface area contributed by atoms with Gasteiger partial charge in [0.05, 0.1) is 5.69 Å². The Hall–Kier alpha value is -5.93. The van der Waals surface area contributed by atoms with Crippen molar-refractivity contribution in [2.75, 3.05) is 4.90 Å². The van der Waals surface area contributed by atoms with E-state index >= 15 is 0 Å². The highest BCUT2D eigenvalue weighted by atomic mass is 16.3. The first-order chi connectivity index (χ1) is 21.8. The SMILES string of the molecule is c1ccc(-c2ccc(-c3ccc(N(c4ccc5oc6cccnc6c5c4)c4ccccc4-c4ccccc4)cc3)cc2)cc1. The highest BCUT2D eigenvalue weighted by Gasteiger charge is 2.19. The first-order valence-electron chi connectivity index (χ1n) is 14.8. The largest absolute Gasteiger partial charge is 0.454 e. The Bertz CT molecular complexity index is 2200. The number of rotatable bonds is 6. The van der Waals surface area contributed by atoms with Crippen LogP contribution in [-0.2, 0) is 0 Å². The number of aromatic nitrogens is 1. The van der Waals surface area contributed by atoms with Gasteiger partial charge in [-0.1, -0.05) is 115 Å². The van der Waals surface area contributed by atoms with Crippen molar-refractivity contribution < 1.29 is 4.42 Å². The van der Waals surface area contributed by atoms with Crippen LogP contribution in [-0.4, -0.2) is 4.98 Å². The lowest BCUT2D eigenvalue weighted by atomic mass is 9.99. The third kappa shape index (κ3) is 4.71. The molecule has 0 radical (unpaired) electrons. The van der Waals surface area contributed by atoms with E-state index in [0.29, 0.717) is 0 Å². The van der Waals surface area contributed by atoms with E-state index in [-0.39, 0.29) is 0 Å². The molecule has 0 bridgehead atoms. The van der Waals surface area contributed by atoms with Crippen molar-refractivity contribution in [2.24, 2.45) is 0 Å². The Morgan fingerprint density at radius 2 is 1.00 bits per heavy atom. The first-order valence-corrected chi connectivity index (χ1v) is 14.8. The monoisotopic (exact) mass is 564 g/mol. The van der Waals surface area contributed by atoms with Crippen LogP contribution < -0.4 is 4.90 Å². The predicted octanol–water partition coefficient (Wildman–Crippen LogP) is 11.5. The van der Waals surface area contributed by atoms with Gasteiger partial charge in [0.15, 0.2) is 5.58 Å². The molecule has 0 aliphatic rings. The van der Waals surface area contributed by atoms with Crippen molar-refractivity contribution in [3.8, 4) is 33.4 Å². The van der Waals surface area contributed by atoms with Crippen LogP contribution in [0.4, 0.5) is 17.1 Å². The van der Waals surface area contributed by atoms with Crippen LogP contribution in [0.3, 0.4) is 0 Å². The Kier molecular flexibility index (Phi) is 6.47. The lowest BCUT2D eigenvalue weighted by Crippen LogP contribution is -2.11. The zero-order chi connectivity index (χ0) is 29.3. The smallest absolute Gasteiger partial charge is 0.153 e. The van der Waals surface area contributed by atoms with Gasteiger partial charge in [-0.05, 0) is 76.3 Å². The number of para-hydroxylation sites is 1. The third-order valence-corrected chi connectivity index (χ3v) is 8.15. The van der Waals surface area contributed by atoms with Crippen LogP contribution in [0.15, 0.2) is 174 Å². The van der Waals surface area contributed by atoms with Gasteiger partial charge in [0.2, 0.25) is 0 Å². The fourth-order valence-electron chi connectivity index (χ4n) is 5.97. The summed E-state index contributed by atoms with van der Waals surface area (Å²) >= 11 is 0. The molecule has 6 aromatic carbocycles. The molecule has 8 rings (SSSR count). The zero-order valence-electron chi connectivity index (χ0n) is 24.0. The molecule has 208 valence electrons. The highest BCUT2D eigenvalue weighted by molar-refractivity contribution is 6.04. The van der Waals surface area contributed by atoms with Gasteiger partial charge in [0.25, 0.3) is 0 Å². The van der Waals surface area contributed by atoms with E-state index < -0.39 is 0 Å². The van der Waals surface area contributed by atoms with Crippen LogP contribution in [0.1, 0.15) is 0 Å². The molecular formula is C41H28N2O. The Labute approximate surface area is 256 Å². The van der Waals surface area contributed by atoms with Gasteiger partial charge in [0, 0.05) is 28.5 Å². The second kappa shape index (κ2) is 11.0. The molecule has 0 aliphatic carbocycles. The van der Waals surface area contributed by atoms with Crippen LogP contribution in [0.5, 0.6) is 0 Å². The number of nitrogens with zero attached hydrogens (tertiary/aromatic N) is 2. The average molecular weight is 565 g/mol. The molecular weight excluding hydrogens is 536 g/mol. The van der Waals surface area contributed by atoms with E-state index in [0.717, 1.165) is 44.7 Å². The number of benzene rings is 6. The standard InChI is InChI=1S/C41H28N2O/c1-3-10-29(11-4-1)30-17-19-31(20-18-30)32-21-23-34(24-22-32)43(38-15-8-7-14-36(38)33-12-5-2-6-13-33)35-25-26-39-37(28-35)41-40(44-39)16-9-27-42-41/h1-28H. The van der Waals surface area contributed by atoms with Crippen LogP contribution >= 0.6 is 0 Å². The first kappa shape index (κ1) is 25.8. The summed E-state index contributed by atoms with van der Waals surface area (Å²) in [4.78, 5) is 6.96. The van der Waals surface area contributed by atoms with Gasteiger partial charge in [0.1, 0.15) is 11.1 Å². The maximum absolute atomic E-state index is 6.11. The topological polar surface area (TPSA) is 29.3 Å². The number of fused-ring (bicyclic) bond motifs is 3. The molecule has 44 heavy (non-hydrogen) atoms. The third-order valence-electron chi connectivity index (χ3n) is 8.15. The molecule has 0 unspecified atom stereocenters. The van der Waals surface area contributed by atoms with Crippen molar-refractivity contribution in [1.82, 2.24) is 4.98 Å². The lowest BCUT2D eigenvalue weighted by molar-refractivity contribution is 0.668. The highest BCUT2D eigenvalue weighted by Crippen LogP contribution is 2.43. The summed E-state index contributed by atoms with van der Waals surface area (Å²) in [5.74, 6) is 0. The maximum Gasteiger partial charge on any atom is 0.153 e. The van der Waals surface area contributed by atoms with Crippen molar-refractivity contribution in [3.05, 3.63) is 170 Å². The van der Waals surface area contributed by atoms with Crippen molar-refractivity contribution in [3.63, 3.8) is 0 Å². The number of hydrogen-bond donors (Lipinski definition) is 0. The van der Waals surface area contributed by atoms with Crippen molar-refractivity contribution in [1.29, 1.82) is 0 Å². The fraction of sp³-hybridized carbons (Fsp3) is 0. The number of pyridine rings is 1. The second-order valence-electron chi connectivity index (χ2n) is 10.8. The van der Waals surface area contributed by atoms with E-state index in [1.165, 1.54) is 27.8 Å². The van der Waals surface area contributed by atoms with Gasteiger partial charge in [-0.3, -0.25) is 4.98 Å². The molecule has 0 spiro atoms. The summed E-state index contributed by atoms with van der Waals surface area (Å²) < 4.78 is 6.11. The summed E-state index contributed by atoms with van der Waals surface area (Å²) in [6, 6.07) is 57.5. The number of furan rings is 1. The molecule has 3 nitrogen and oxygen atoms in total. The minimum absolute atomic E-state index is 0.790. The van der Waals surface area contributed by atoms with Crippen molar-refractivity contribution >= 4 is 39.1 Å². The Balaban J connectivity index is 1.24. The lowest BCUT2D eigenvalue weighted by Gasteiger charge is -2.28. The van der Waals surface area contributed by atoms with Gasteiger partial charge >= 0.3 is 0 Å². The summed E-state index contributed by atoms with van der Waals surface area (Å²) in [5.41, 5.74) is 12.8. The molecule has 0 saturated carbocycles. The second-order valence-corrected chi connectivity index (χ2v) is 10.8. The molecule has 0 amide bonds. The molecule has 0 N–H and O–H groups in total.